The maximum absolute atomic E-state index is 8.92. The van der Waals surface area contributed by atoms with Gasteiger partial charge in [0.05, 0.1) is 18.0 Å². The molecule has 0 radical (unpaired) electrons. The minimum Gasteiger partial charge on any atom is -0.359 e. The van der Waals surface area contributed by atoms with Crippen molar-refractivity contribution >= 4 is 16.9 Å². The molecule has 2 aliphatic rings. The van der Waals surface area contributed by atoms with Crippen LogP contribution in [0.3, 0.4) is 0 Å². The highest BCUT2D eigenvalue weighted by Crippen LogP contribution is 2.72. The summed E-state index contributed by atoms with van der Waals surface area (Å²) in [6, 6.07) is 4.31. The second kappa shape index (κ2) is 4.68. The summed E-state index contributed by atoms with van der Waals surface area (Å²) >= 11 is 0. The van der Waals surface area contributed by atoms with Gasteiger partial charge in [0.15, 0.2) is 0 Å². The summed E-state index contributed by atoms with van der Waals surface area (Å²) in [5.41, 5.74) is 1.50. The molecule has 0 bridgehead atoms. The normalized spacial score (nSPS) is 32.7. The van der Waals surface area contributed by atoms with Gasteiger partial charge in [-0.25, -0.2) is 9.97 Å². The van der Waals surface area contributed by atoms with E-state index in [1.807, 2.05) is 12.3 Å². The summed E-state index contributed by atoms with van der Waals surface area (Å²) in [5.74, 6) is 1.63. The van der Waals surface area contributed by atoms with E-state index in [1.165, 1.54) is 0 Å². The standard InChI is InChI=1S/C17H22N6/c1-16-9-23(7-5-18)10-17(16,2)13(16)8-22(3)15-12-4-6-19-14(12)20-11-21-15/h4,6,11,13H,7-10H2,1-3H3,(H,19,20,21). The molecule has 6 heteroatoms. The fraction of sp³-hybridized carbons (Fsp3) is 0.588. The molecule has 1 N–H and O–H groups in total. The topological polar surface area (TPSA) is 71.8 Å². The number of aromatic nitrogens is 3. The first kappa shape index (κ1) is 14.5. The summed E-state index contributed by atoms with van der Waals surface area (Å²) in [7, 11) is 2.11. The Balaban J connectivity index is 1.52. The van der Waals surface area contributed by atoms with Gasteiger partial charge >= 0.3 is 0 Å². The van der Waals surface area contributed by atoms with Crippen LogP contribution in [0, 0.1) is 28.1 Å². The second-order valence-electron chi connectivity index (χ2n) is 7.51. The smallest absolute Gasteiger partial charge is 0.142 e. The van der Waals surface area contributed by atoms with Gasteiger partial charge in [0.2, 0.25) is 0 Å². The quantitative estimate of drug-likeness (QED) is 0.873. The number of piperidine rings is 1. The van der Waals surface area contributed by atoms with Crippen LogP contribution in [-0.4, -0.2) is 53.1 Å². The van der Waals surface area contributed by atoms with Gasteiger partial charge in [-0.2, -0.15) is 5.26 Å². The zero-order valence-corrected chi connectivity index (χ0v) is 13.9. The molecule has 1 aliphatic heterocycles. The highest BCUT2D eigenvalue weighted by atomic mass is 15.2. The Hall–Kier alpha value is -2.13. The molecule has 23 heavy (non-hydrogen) atoms. The van der Waals surface area contributed by atoms with E-state index in [0.29, 0.717) is 23.3 Å². The van der Waals surface area contributed by atoms with Crippen LogP contribution in [0.25, 0.3) is 11.0 Å². The lowest BCUT2D eigenvalue weighted by Crippen LogP contribution is -2.32. The SMILES string of the molecule is CN(CC1C2(C)CN(CC#N)CC12C)c1ncnc2[nH]ccc12. The van der Waals surface area contributed by atoms with Gasteiger partial charge in [0, 0.05) is 32.9 Å². The van der Waals surface area contributed by atoms with Crippen LogP contribution in [0.1, 0.15) is 13.8 Å². The molecule has 1 saturated heterocycles. The van der Waals surface area contributed by atoms with Crippen molar-refractivity contribution < 1.29 is 0 Å². The zero-order chi connectivity index (χ0) is 16.2. The number of hydrogen-bond acceptors (Lipinski definition) is 5. The molecule has 2 aromatic heterocycles. The van der Waals surface area contributed by atoms with Gasteiger partial charge < -0.3 is 9.88 Å². The zero-order valence-electron chi connectivity index (χ0n) is 13.9. The molecule has 0 amide bonds. The van der Waals surface area contributed by atoms with Crippen LogP contribution >= 0.6 is 0 Å². The number of fused-ring (bicyclic) bond motifs is 2. The third-order valence-corrected chi connectivity index (χ3v) is 6.31. The predicted molar refractivity (Wildman–Crippen MR) is 88.9 cm³/mol. The maximum Gasteiger partial charge on any atom is 0.142 e. The molecular formula is C17H22N6. The Labute approximate surface area is 136 Å². The van der Waals surface area contributed by atoms with Crippen molar-refractivity contribution in [3.63, 3.8) is 0 Å². The molecule has 0 spiro atoms. The van der Waals surface area contributed by atoms with Crippen LogP contribution < -0.4 is 4.90 Å². The summed E-state index contributed by atoms with van der Waals surface area (Å²) in [6.45, 7) is 8.33. The Morgan fingerprint density at radius 3 is 2.83 bits per heavy atom. The van der Waals surface area contributed by atoms with E-state index in [2.05, 4.69) is 51.7 Å². The highest BCUT2D eigenvalue weighted by Gasteiger charge is 2.74. The lowest BCUT2D eigenvalue weighted by Gasteiger charge is -2.25. The number of nitrogens with zero attached hydrogens (tertiary/aromatic N) is 5. The lowest BCUT2D eigenvalue weighted by molar-refractivity contribution is 0.276. The van der Waals surface area contributed by atoms with Gasteiger partial charge in [0.25, 0.3) is 0 Å². The molecule has 2 atom stereocenters. The molecular weight excluding hydrogens is 288 g/mol. The average Bonchev–Trinajstić information content (AvgIpc) is 2.92. The van der Waals surface area contributed by atoms with Crippen LogP contribution in [0.15, 0.2) is 18.6 Å². The Morgan fingerprint density at radius 2 is 2.13 bits per heavy atom. The van der Waals surface area contributed by atoms with Crippen LogP contribution in [-0.2, 0) is 0 Å². The van der Waals surface area contributed by atoms with E-state index in [1.54, 1.807) is 6.33 Å². The number of rotatable bonds is 4. The van der Waals surface area contributed by atoms with E-state index in [-0.39, 0.29) is 0 Å². The van der Waals surface area contributed by atoms with Crippen molar-refractivity contribution in [2.45, 2.75) is 13.8 Å². The fourth-order valence-corrected chi connectivity index (χ4v) is 4.78. The number of anilines is 1. The molecule has 3 heterocycles. The molecule has 1 aliphatic carbocycles. The number of nitriles is 1. The number of H-pyrrole nitrogens is 1. The molecule has 6 nitrogen and oxygen atoms in total. The van der Waals surface area contributed by atoms with Crippen molar-refractivity contribution in [2.75, 3.05) is 38.1 Å². The van der Waals surface area contributed by atoms with E-state index in [0.717, 1.165) is 36.5 Å². The van der Waals surface area contributed by atoms with Gasteiger partial charge in [-0.15, -0.1) is 0 Å². The average molecular weight is 310 g/mol. The monoisotopic (exact) mass is 310 g/mol. The molecule has 0 aromatic carbocycles. The van der Waals surface area contributed by atoms with Crippen molar-refractivity contribution in [1.29, 1.82) is 5.26 Å². The fourth-order valence-electron chi connectivity index (χ4n) is 4.78. The Bertz CT molecular complexity index is 774. The summed E-state index contributed by atoms with van der Waals surface area (Å²) in [5, 5.41) is 9.99. The van der Waals surface area contributed by atoms with Gasteiger partial charge in [-0.3, -0.25) is 4.90 Å². The Morgan fingerprint density at radius 1 is 1.39 bits per heavy atom. The van der Waals surface area contributed by atoms with Crippen LogP contribution in [0.5, 0.6) is 0 Å². The number of hydrogen-bond donors (Lipinski definition) is 1. The number of nitrogens with one attached hydrogen (secondary N) is 1. The first-order valence-electron chi connectivity index (χ1n) is 8.08. The van der Waals surface area contributed by atoms with Crippen molar-refractivity contribution in [3.05, 3.63) is 18.6 Å². The molecule has 1 saturated carbocycles. The third kappa shape index (κ3) is 1.89. The Kier molecular flexibility index (Phi) is 2.94. The van der Waals surface area contributed by atoms with E-state index >= 15 is 0 Å². The molecule has 2 unspecified atom stereocenters. The lowest BCUT2D eigenvalue weighted by atomic mass is 10.0. The highest BCUT2D eigenvalue weighted by molar-refractivity contribution is 5.87. The maximum atomic E-state index is 8.92. The number of aromatic amines is 1. The summed E-state index contributed by atoms with van der Waals surface area (Å²) in [6.07, 6.45) is 3.53. The van der Waals surface area contributed by atoms with Crippen molar-refractivity contribution in [2.24, 2.45) is 16.7 Å². The van der Waals surface area contributed by atoms with Gasteiger partial charge in [0.1, 0.15) is 17.8 Å². The van der Waals surface area contributed by atoms with Gasteiger partial charge in [-0.05, 0) is 22.8 Å². The van der Waals surface area contributed by atoms with Crippen molar-refractivity contribution in [1.82, 2.24) is 19.9 Å². The summed E-state index contributed by atoms with van der Waals surface area (Å²) < 4.78 is 0. The summed E-state index contributed by atoms with van der Waals surface area (Å²) in [4.78, 5) is 16.4. The largest absolute Gasteiger partial charge is 0.359 e. The first-order chi connectivity index (χ1) is 11.0. The molecule has 4 rings (SSSR count). The third-order valence-electron chi connectivity index (χ3n) is 6.31. The van der Waals surface area contributed by atoms with Crippen molar-refractivity contribution in [3.8, 4) is 6.07 Å². The minimum absolute atomic E-state index is 0.308. The second-order valence-corrected chi connectivity index (χ2v) is 7.51. The van der Waals surface area contributed by atoms with Crippen LogP contribution in [0.4, 0.5) is 5.82 Å². The predicted octanol–water partition coefficient (Wildman–Crippen LogP) is 1.88. The number of likely N-dealkylation sites (tertiary alicyclic amines) is 1. The molecule has 120 valence electrons. The van der Waals surface area contributed by atoms with E-state index < -0.39 is 0 Å². The first-order valence-corrected chi connectivity index (χ1v) is 8.08. The molecule has 2 aromatic rings. The van der Waals surface area contributed by atoms with E-state index in [9.17, 15) is 0 Å². The molecule has 2 fully saturated rings. The van der Waals surface area contributed by atoms with Crippen LogP contribution in [0.2, 0.25) is 0 Å². The van der Waals surface area contributed by atoms with E-state index in [4.69, 9.17) is 5.26 Å². The van der Waals surface area contributed by atoms with Gasteiger partial charge in [-0.1, -0.05) is 13.8 Å². The minimum atomic E-state index is 0.308.